The first-order chi connectivity index (χ1) is 11.1. The van der Waals surface area contributed by atoms with E-state index in [9.17, 15) is 9.90 Å². The molecule has 0 amide bonds. The van der Waals surface area contributed by atoms with Gasteiger partial charge in [-0.3, -0.25) is 9.78 Å². The van der Waals surface area contributed by atoms with Crippen LogP contribution in [0.2, 0.25) is 0 Å². The van der Waals surface area contributed by atoms with Gasteiger partial charge in [-0.15, -0.1) is 0 Å². The van der Waals surface area contributed by atoms with Crippen molar-refractivity contribution in [1.82, 2.24) is 4.98 Å². The molecule has 0 aliphatic heterocycles. The number of nitrogens with one attached hydrogen (secondary N) is 1. The maximum absolute atomic E-state index is 11.5. The lowest BCUT2D eigenvalue weighted by Gasteiger charge is -2.58. The van der Waals surface area contributed by atoms with Gasteiger partial charge in [-0.25, -0.2) is 0 Å². The van der Waals surface area contributed by atoms with E-state index in [2.05, 4.69) is 22.5 Å². The average Bonchev–Trinajstić information content (AvgIpc) is 2.98. The summed E-state index contributed by atoms with van der Waals surface area (Å²) in [5.74, 6) is 1.75. The molecule has 23 heavy (non-hydrogen) atoms. The summed E-state index contributed by atoms with van der Waals surface area (Å²) in [5, 5.41) is 14.5. The van der Waals surface area contributed by atoms with E-state index in [1.807, 2.05) is 0 Å². The van der Waals surface area contributed by atoms with E-state index < -0.39 is 5.60 Å². The Labute approximate surface area is 136 Å². The predicted octanol–water partition coefficient (Wildman–Crippen LogP) is 2.81. The molecule has 0 radical (unpaired) electrons. The number of hydrogen-bond acceptors (Lipinski definition) is 4. The molecule has 4 nitrogen and oxygen atoms in total. The number of fused-ring (bicyclic) bond motifs is 1. The SMILES string of the molecule is O=Cc1cnc2c(c1NC1C3CC4CC1CC(O)(C4)C3)C=CC2. The van der Waals surface area contributed by atoms with E-state index >= 15 is 0 Å². The molecule has 5 aliphatic carbocycles. The maximum Gasteiger partial charge on any atom is 0.153 e. The Hall–Kier alpha value is -1.68. The van der Waals surface area contributed by atoms with E-state index in [0.717, 1.165) is 48.9 Å². The summed E-state index contributed by atoms with van der Waals surface area (Å²) in [6, 6.07) is 0.381. The molecule has 5 aliphatic rings. The molecule has 2 atom stereocenters. The van der Waals surface area contributed by atoms with Crippen LogP contribution in [0.15, 0.2) is 12.3 Å². The van der Waals surface area contributed by atoms with E-state index in [-0.39, 0.29) is 0 Å². The molecule has 4 fully saturated rings. The molecule has 1 heterocycles. The van der Waals surface area contributed by atoms with E-state index in [1.165, 1.54) is 12.8 Å². The lowest BCUT2D eigenvalue weighted by atomic mass is 9.52. The number of pyridine rings is 1. The molecule has 6 rings (SSSR count). The molecule has 0 aromatic carbocycles. The number of anilines is 1. The summed E-state index contributed by atoms with van der Waals surface area (Å²) >= 11 is 0. The lowest BCUT2D eigenvalue weighted by Crippen LogP contribution is -2.59. The number of carbonyl (C=O) groups is 1. The van der Waals surface area contributed by atoms with Gasteiger partial charge >= 0.3 is 0 Å². The van der Waals surface area contributed by atoms with Gasteiger partial charge in [-0.2, -0.15) is 0 Å². The van der Waals surface area contributed by atoms with Gasteiger partial charge in [-0.05, 0) is 49.9 Å². The number of rotatable bonds is 3. The molecule has 0 spiro atoms. The van der Waals surface area contributed by atoms with E-state index in [1.54, 1.807) is 6.20 Å². The Balaban J connectivity index is 1.50. The summed E-state index contributed by atoms with van der Waals surface area (Å²) in [5.41, 5.74) is 3.34. The Morgan fingerprint density at radius 3 is 2.74 bits per heavy atom. The number of carbonyl (C=O) groups excluding carboxylic acids is 1. The minimum atomic E-state index is -0.414. The zero-order chi connectivity index (χ0) is 15.6. The van der Waals surface area contributed by atoms with Gasteiger partial charge in [-0.1, -0.05) is 12.2 Å². The molecule has 1 aromatic rings. The van der Waals surface area contributed by atoms with Crippen molar-refractivity contribution in [3.8, 4) is 0 Å². The fourth-order valence-corrected chi connectivity index (χ4v) is 5.85. The minimum Gasteiger partial charge on any atom is -0.390 e. The van der Waals surface area contributed by atoms with Crippen molar-refractivity contribution in [3.63, 3.8) is 0 Å². The van der Waals surface area contributed by atoms with Gasteiger partial charge in [0.1, 0.15) is 0 Å². The normalized spacial score (nSPS) is 39.5. The molecular weight excluding hydrogens is 288 g/mol. The predicted molar refractivity (Wildman–Crippen MR) is 88.3 cm³/mol. The fraction of sp³-hybridized carbons (Fsp3) is 0.579. The third-order valence-corrected chi connectivity index (χ3v) is 6.50. The van der Waals surface area contributed by atoms with Gasteiger partial charge in [0.2, 0.25) is 0 Å². The van der Waals surface area contributed by atoms with E-state index in [0.29, 0.717) is 29.4 Å². The zero-order valence-corrected chi connectivity index (χ0v) is 13.2. The highest BCUT2D eigenvalue weighted by molar-refractivity contribution is 5.89. The molecule has 4 saturated carbocycles. The van der Waals surface area contributed by atoms with Crippen LogP contribution in [0.25, 0.3) is 6.08 Å². The van der Waals surface area contributed by atoms with Crippen molar-refractivity contribution in [3.05, 3.63) is 29.1 Å². The van der Waals surface area contributed by atoms with Crippen LogP contribution in [0.3, 0.4) is 0 Å². The minimum absolute atomic E-state index is 0.381. The van der Waals surface area contributed by atoms with Crippen LogP contribution in [0.4, 0.5) is 5.69 Å². The van der Waals surface area contributed by atoms with Crippen molar-refractivity contribution in [1.29, 1.82) is 0 Å². The Kier molecular flexibility index (Phi) is 2.79. The number of aliphatic hydroxyl groups is 1. The monoisotopic (exact) mass is 310 g/mol. The van der Waals surface area contributed by atoms with E-state index in [4.69, 9.17) is 0 Å². The third-order valence-electron chi connectivity index (χ3n) is 6.50. The second-order valence-corrected chi connectivity index (χ2v) is 8.04. The smallest absolute Gasteiger partial charge is 0.153 e. The third kappa shape index (κ3) is 2.01. The van der Waals surface area contributed by atoms with Crippen LogP contribution in [-0.4, -0.2) is 28.0 Å². The molecule has 2 unspecified atom stereocenters. The molecule has 2 N–H and O–H groups in total. The van der Waals surface area contributed by atoms with Gasteiger partial charge in [0.15, 0.2) is 6.29 Å². The lowest BCUT2D eigenvalue weighted by molar-refractivity contribution is -0.129. The van der Waals surface area contributed by atoms with Gasteiger partial charge in [0.25, 0.3) is 0 Å². The number of nitrogens with zero attached hydrogens (tertiary/aromatic N) is 1. The molecule has 0 saturated heterocycles. The highest BCUT2D eigenvalue weighted by atomic mass is 16.3. The standard InChI is InChI=1S/C19H22N2O2/c22-10-14-9-20-16-3-1-2-15(16)18(14)21-17-12-4-11-5-13(17)8-19(23,6-11)7-12/h1-2,9-13,17,23H,3-8H2,(H,20,21). The van der Waals surface area contributed by atoms with Crippen molar-refractivity contribution in [2.75, 3.05) is 5.32 Å². The zero-order valence-electron chi connectivity index (χ0n) is 13.2. The molecule has 120 valence electrons. The van der Waals surface area contributed by atoms with Crippen LogP contribution in [0.5, 0.6) is 0 Å². The second-order valence-electron chi connectivity index (χ2n) is 8.04. The van der Waals surface area contributed by atoms with Crippen LogP contribution < -0.4 is 5.32 Å². The highest BCUT2D eigenvalue weighted by Gasteiger charge is 2.54. The first kappa shape index (κ1) is 13.7. The Morgan fingerprint density at radius 2 is 2.04 bits per heavy atom. The van der Waals surface area contributed by atoms with Crippen LogP contribution in [0, 0.1) is 17.8 Å². The summed E-state index contributed by atoms with van der Waals surface area (Å²) in [6.07, 6.45) is 12.9. The molecule has 4 heteroatoms. The van der Waals surface area contributed by atoms with Gasteiger partial charge < -0.3 is 10.4 Å². The maximum atomic E-state index is 11.5. The topological polar surface area (TPSA) is 62.2 Å². The first-order valence-corrected chi connectivity index (χ1v) is 8.78. The average molecular weight is 310 g/mol. The Morgan fingerprint density at radius 1 is 1.26 bits per heavy atom. The number of aldehydes is 1. The van der Waals surface area contributed by atoms with Crippen molar-refractivity contribution < 1.29 is 9.90 Å². The summed E-state index contributed by atoms with van der Waals surface area (Å²) < 4.78 is 0. The van der Waals surface area contributed by atoms with Crippen molar-refractivity contribution >= 4 is 18.0 Å². The van der Waals surface area contributed by atoms with Crippen LogP contribution >= 0.6 is 0 Å². The highest BCUT2D eigenvalue weighted by Crippen LogP contribution is 2.56. The summed E-state index contributed by atoms with van der Waals surface area (Å²) in [6.45, 7) is 0. The van der Waals surface area contributed by atoms with Crippen molar-refractivity contribution in [2.24, 2.45) is 17.8 Å². The largest absolute Gasteiger partial charge is 0.390 e. The molecular formula is C19H22N2O2. The Bertz CT molecular complexity index is 696. The number of allylic oxidation sites excluding steroid dienone is 1. The van der Waals surface area contributed by atoms with Crippen LogP contribution in [-0.2, 0) is 6.42 Å². The van der Waals surface area contributed by atoms with Gasteiger partial charge in [0, 0.05) is 24.2 Å². The first-order valence-electron chi connectivity index (χ1n) is 8.78. The van der Waals surface area contributed by atoms with Crippen molar-refractivity contribution in [2.45, 2.75) is 50.2 Å². The number of aromatic nitrogens is 1. The van der Waals surface area contributed by atoms with Gasteiger partial charge in [0.05, 0.1) is 22.5 Å². The molecule has 1 aromatic heterocycles. The molecule has 4 bridgehead atoms. The van der Waals surface area contributed by atoms with Crippen LogP contribution in [0.1, 0.15) is 53.7 Å². The second kappa shape index (κ2) is 4.67. The summed E-state index contributed by atoms with van der Waals surface area (Å²) in [4.78, 5) is 15.9. The fourth-order valence-electron chi connectivity index (χ4n) is 5.85. The summed E-state index contributed by atoms with van der Waals surface area (Å²) in [7, 11) is 0. The number of hydrogen-bond donors (Lipinski definition) is 2. The quantitative estimate of drug-likeness (QED) is 0.843.